The Balaban J connectivity index is 2.66. The maximum Gasteiger partial charge on any atom is 0.254 e. The Labute approximate surface area is 90.4 Å². The largest absolute Gasteiger partial charge is 0.370 e. The first kappa shape index (κ1) is 12.1. The summed E-state index contributed by atoms with van der Waals surface area (Å²) in [6.07, 6.45) is -0.0529. The first-order chi connectivity index (χ1) is 7.52. The Morgan fingerprint density at radius 1 is 1.31 bits per heavy atom. The van der Waals surface area contributed by atoms with Gasteiger partial charge in [-0.3, -0.25) is 9.59 Å². The summed E-state index contributed by atoms with van der Waals surface area (Å²) in [4.78, 5) is 21.7. The van der Waals surface area contributed by atoms with Gasteiger partial charge in [0.05, 0.1) is 5.56 Å². The Bertz CT molecular complexity index is 421. The van der Waals surface area contributed by atoms with E-state index in [1.165, 1.54) is 6.07 Å². The van der Waals surface area contributed by atoms with E-state index in [1.54, 1.807) is 0 Å². The number of benzene rings is 1. The highest BCUT2D eigenvalue weighted by Gasteiger charge is 2.14. The van der Waals surface area contributed by atoms with Crippen molar-refractivity contribution < 1.29 is 18.4 Å². The van der Waals surface area contributed by atoms with Gasteiger partial charge in [0, 0.05) is 13.0 Å². The molecule has 4 nitrogen and oxygen atoms in total. The lowest BCUT2D eigenvalue weighted by molar-refractivity contribution is -0.117. The van der Waals surface area contributed by atoms with E-state index in [-0.39, 0.29) is 13.0 Å². The molecule has 0 spiro atoms. The second-order valence-corrected chi connectivity index (χ2v) is 3.07. The summed E-state index contributed by atoms with van der Waals surface area (Å²) in [5, 5.41) is 2.25. The molecule has 0 aliphatic carbocycles. The molecule has 0 aliphatic rings. The first-order valence-electron chi connectivity index (χ1n) is 4.53. The fraction of sp³-hybridized carbons (Fsp3) is 0.200. The van der Waals surface area contributed by atoms with E-state index in [1.807, 2.05) is 0 Å². The normalized spacial score (nSPS) is 9.88. The van der Waals surface area contributed by atoms with E-state index in [0.717, 1.165) is 12.1 Å². The number of hydrogen-bond acceptors (Lipinski definition) is 2. The van der Waals surface area contributed by atoms with Crippen molar-refractivity contribution in [1.82, 2.24) is 5.32 Å². The van der Waals surface area contributed by atoms with Crippen LogP contribution >= 0.6 is 0 Å². The number of carbonyl (C=O) groups excluding carboxylic acids is 2. The van der Waals surface area contributed by atoms with Crippen LogP contribution in [0.15, 0.2) is 18.2 Å². The van der Waals surface area contributed by atoms with Gasteiger partial charge < -0.3 is 11.1 Å². The molecule has 0 saturated heterocycles. The van der Waals surface area contributed by atoms with E-state index in [2.05, 4.69) is 5.32 Å². The van der Waals surface area contributed by atoms with E-state index >= 15 is 0 Å². The number of primary amides is 1. The highest BCUT2D eigenvalue weighted by Crippen LogP contribution is 2.10. The SMILES string of the molecule is NC(=O)CCNC(=O)c1cccc(F)c1F. The lowest BCUT2D eigenvalue weighted by Crippen LogP contribution is -2.28. The quantitative estimate of drug-likeness (QED) is 0.790. The van der Waals surface area contributed by atoms with Crippen LogP contribution in [0.4, 0.5) is 8.78 Å². The molecule has 1 aromatic carbocycles. The molecule has 16 heavy (non-hydrogen) atoms. The standard InChI is InChI=1S/C10H10F2N2O2/c11-7-3-1-2-6(9(7)12)10(16)14-5-4-8(13)15/h1-3H,4-5H2,(H2,13,15)(H,14,16). The maximum absolute atomic E-state index is 13.1. The van der Waals surface area contributed by atoms with E-state index in [4.69, 9.17) is 5.73 Å². The van der Waals surface area contributed by atoms with Crippen molar-refractivity contribution in [2.24, 2.45) is 5.73 Å². The number of rotatable bonds is 4. The maximum atomic E-state index is 13.1. The average Bonchev–Trinajstić information content (AvgIpc) is 2.21. The molecule has 1 aromatic rings. The topological polar surface area (TPSA) is 72.2 Å². The number of amides is 2. The van der Waals surface area contributed by atoms with Crippen molar-refractivity contribution in [2.45, 2.75) is 6.42 Å². The van der Waals surface area contributed by atoms with Crippen LogP contribution in [0.3, 0.4) is 0 Å². The first-order valence-corrected chi connectivity index (χ1v) is 4.53. The van der Waals surface area contributed by atoms with Crippen LogP contribution in [0.1, 0.15) is 16.8 Å². The van der Waals surface area contributed by atoms with E-state index in [9.17, 15) is 18.4 Å². The molecule has 0 aromatic heterocycles. The number of halogens is 2. The molecule has 0 fully saturated rings. The summed E-state index contributed by atoms with van der Waals surface area (Å²) < 4.78 is 25.9. The highest BCUT2D eigenvalue weighted by atomic mass is 19.2. The molecular weight excluding hydrogens is 218 g/mol. The summed E-state index contributed by atoms with van der Waals surface area (Å²) in [5.41, 5.74) is 4.45. The van der Waals surface area contributed by atoms with Gasteiger partial charge in [0.1, 0.15) is 0 Å². The predicted octanol–water partition coefficient (Wildman–Crippen LogP) is 0.570. The smallest absolute Gasteiger partial charge is 0.254 e. The van der Waals surface area contributed by atoms with Gasteiger partial charge in [0.15, 0.2) is 11.6 Å². The molecule has 0 bridgehead atoms. The Morgan fingerprint density at radius 2 is 2.00 bits per heavy atom. The second-order valence-electron chi connectivity index (χ2n) is 3.07. The number of hydrogen-bond donors (Lipinski definition) is 2. The minimum atomic E-state index is -1.21. The van der Waals surface area contributed by atoms with Crippen LogP contribution in [-0.2, 0) is 4.79 Å². The zero-order valence-electron chi connectivity index (χ0n) is 8.30. The van der Waals surface area contributed by atoms with Crippen molar-refractivity contribution >= 4 is 11.8 Å². The van der Waals surface area contributed by atoms with E-state index in [0.29, 0.717) is 0 Å². The van der Waals surface area contributed by atoms with Crippen molar-refractivity contribution in [3.05, 3.63) is 35.4 Å². The molecule has 86 valence electrons. The summed E-state index contributed by atoms with van der Waals surface area (Å²) in [6.45, 7) is -0.00980. The van der Waals surface area contributed by atoms with Crippen LogP contribution in [-0.4, -0.2) is 18.4 Å². The Hall–Kier alpha value is -1.98. The number of nitrogens with two attached hydrogens (primary N) is 1. The van der Waals surface area contributed by atoms with Gasteiger partial charge >= 0.3 is 0 Å². The number of nitrogens with one attached hydrogen (secondary N) is 1. The zero-order chi connectivity index (χ0) is 12.1. The van der Waals surface area contributed by atoms with Crippen LogP contribution in [0, 0.1) is 11.6 Å². The van der Waals surface area contributed by atoms with Crippen LogP contribution in [0.2, 0.25) is 0 Å². The van der Waals surface area contributed by atoms with Crippen LogP contribution < -0.4 is 11.1 Å². The average molecular weight is 228 g/mol. The molecule has 0 unspecified atom stereocenters. The summed E-state index contributed by atoms with van der Waals surface area (Å²) >= 11 is 0. The monoisotopic (exact) mass is 228 g/mol. The zero-order valence-corrected chi connectivity index (χ0v) is 8.30. The van der Waals surface area contributed by atoms with Gasteiger partial charge in [0.25, 0.3) is 5.91 Å². The molecule has 0 saturated carbocycles. The number of carbonyl (C=O) groups is 2. The third-order valence-corrected chi connectivity index (χ3v) is 1.85. The van der Waals surface area contributed by atoms with Gasteiger partial charge in [-0.2, -0.15) is 0 Å². The third-order valence-electron chi connectivity index (χ3n) is 1.85. The molecular formula is C10H10F2N2O2. The van der Waals surface area contributed by atoms with Crippen molar-refractivity contribution in [3.8, 4) is 0 Å². The van der Waals surface area contributed by atoms with E-state index < -0.39 is 29.0 Å². The van der Waals surface area contributed by atoms with Gasteiger partial charge in [0.2, 0.25) is 5.91 Å². The van der Waals surface area contributed by atoms with Gasteiger partial charge in [-0.15, -0.1) is 0 Å². The fourth-order valence-electron chi connectivity index (χ4n) is 1.07. The second kappa shape index (κ2) is 5.20. The minimum Gasteiger partial charge on any atom is -0.370 e. The lowest BCUT2D eigenvalue weighted by Gasteiger charge is -2.04. The van der Waals surface area contributed by atoms with Gasteiger partial charge in [-0.25, -0.2) is 8.78 Å². The molecule has 1 rings (SSSR count). The molecule has 0 aliphatic heterocycles. The lowest BCUT2D eigenvalue weighted by atomic mass is 10.2. The fourth-order valence-corrected chi connectivity index (χ4v) is 1.07. The summed E-state index contributed by atoms with van der Waals surface area (Å²) in [7, 11) is 0. The van der Waals surface area contributed by atoms with Crippen molar-refractivity contribution in [1.29, 1.82) is 0 Å². The van der Waals surface area contributed by atoms with Crippen molar-refractivity contribution in [2.75, 3.05) is 6.54 Å². The molecule has 0 heterocycles. The highest BCUT2D eigenvalue weighted by molar-refractivity contribution is 5.94. The van der Waals surface area contributed by atoms with Crippen LogP contribution in [0.5, 0.6) is 0 Å². The minimum absolute atomic E-state index is 0.00980. The summed E-state index contributed by atoms with van der Waals surface area (Å²) in [6, 6.07) is 3.29. The predicted molar refractivity (Wildman–Crippen MR) is 52.5 cm³/mol. The Morgan fingerprint density at radius 3 is 2.62 bits per heavy atom. The van der Waals surface area contributed by atoms with Gasteiger partial charge in [-0.1, -0.05) is 6.07 Å². The molecule has 0 radical (unpaired) electrons. The molecule has 6 heteroatoms. The molecule has 0 atom stereocenters. The van der Waals surface area contributed by atoms with Gasteiger partial charge in [-0.05, 0) is 12.1 Å². The van der Waals surface area contributed by atoms with Crippen molar-refractivity contribution in [3.63, 3.8) is 0 Å². The molecule has 2 amide bonds. The van der Waals surface area contributed by atoms with Crippen LogP contribution in [0.25, 0.3) is 0 Å². The Kier molecular flexibility index (Phi) is 3.93. The summed E-state index contributed by atoms with van der Waals surface area (Å²) in [5.74, 6) is -3.67. The molecule has 3 N–H and O–H groups in total. The third kappa shape index (κ3) is 3.01.